The SMILES string of the molecule is Cc1cc(N2C3CCC2CC(N)C3)nc(C(C)C)n1. The Hall–Kier alpha value is -1.16. The first-order valence-electron chi connectivity index (χ1n) is 7.44. The summed E-state index contributed by atoms with van der Waals surface area (Å²) in [5.41, 5.74) is 7.22. The number of anilines is 1. The van der Waals surface area contributed by atoms with Crippen LogP contribution in [-0.2, 0) is 0 Å². The Labute approximate surface area is 115 Å². The van der Waals surface area contributed by atoms with E-state index in [1.54, 1.807) is 0 Å². The highest BCUT2D eigenvalue weighted by molar-refractivity contribution is 5.45. The molecule has 104 valence electrons. The molecule has 2 unspecified atom stereocenters. The maximum absolute atomic E-state index is 6.14. The van der Waals surface area contributed by atoms with Gasteiger partial charge < -0.3 is 10.6 Å². The van der Waals surface area contributed by atoms with Crippen molar-refractivity contribution in [2.24, 2.45) is 5.73 Å². The van der Waals surface area contributed by atoms with Gasteiger partial charge in [-0.1, -0.05) is 13.8 Å². The van der Waals surface area contributed by atoms with Crippen molar-refractivity contribution in [2.75, 3.05) is 4.90 Å². The lowest BCUT2D eigenvalue weighted by Gasteiger charge is -2.38. The van der Waals surface area contributed by atoms with Gasteiger partial charge in [0.15, 0.2) is 0 Å². The minimum atomic E-state index is 0.376. The first-order valence-corrected chi connectivity index (χ1v) is 7.44. The molecule has 3 rings (SSSR count). The molecule has 2 atom stereocenters. The minimum absolute atomic E-state index is 0.376. The van der Waals surface area contributed by atoms with Crippen LogP contribution in [0.1, 0.15) is 57.0 Å². The second-order valence-electron chi connectivity index (χ2n) is 6.40. The predicted octanol–water partition coefficient (Wildman–Crippen LogP) is 2.37. The maximum Gasteiger partial charge on any atom is 0.133 e. The van der Waals surface area contributed by atoms with Crippen molar-refractivity contribution in [1.82, 2.24) is 9.97 Å². The highest BCUT2D eigenvalue weighted by atomic mass is 15.3. The lowest BCUT2D eigenvalue weighted by atomic mass is 9.98. The molecule has 0 amide bonds. The van der Waals surface area contributed by atoms with Gasteiger partial charge in [-0.05, 0) is 32.6 Å². The van der Waals surface area contributed by atoms with Gasteiger partial charge in [-0.15, -0.1) is 0 Å². The number of aryl methyl sites for hydroxylation is 1. The summed E-state index contributed by atoms with van der Waals surface area (Å²) < 4.78 is 0. The molecule has 0 radical (unpaired) electrons. The van der Waals surface area contributed by atoms with E-state index < -0.39 is 0 Å². The Balaban J connectivity index is 1.94. The average Bonchev–Trinajstić information content (AvgIpc) is 2.61. The molecule has 3 heterocycles. The summed E-state index contributed by atoms with van der Waals surface area (Å²) in [5.74, 6) is 2.46. The van der Waals surface area contributed by atoms with Gasteiger partial charge in [0.05, 0.1) is 0 Å². The van der Waals surface area contributed by atoms with Gasteiger partial charge in [-0.25, -0.2) is 9.97 Å². The Bertz CT molecular complexity index is 457. The molecule has 1 aromatic rings. The number of piperidine rings is 1. The summed E-state index contributed by atoms with van der Waals surface area (Å²) in [4.78, 5) is 11.9. The number of nitrogens with two attached hydrogens (primary N) is 1. The molecule has 2 aliphatic rings. The van der Waals surface area contributed by atoms with E-state index in [0.29, 0.717) is 24.0 Å². The van der Waals surface area contributed by atoms with Crippen LogP contribution in [0.3, 0.4) is 0 Å². The quantitative estimate of drug-likeness (QED) is 0.887. The van der Waals surface area contributed by atoms with Crippen LogP contribution in [0.25, 0.3) is 0 Å². The van der Waals surface area contributed by atoms with E-state index in [0.717, 1.165) is 30.2 Å². The van der Waals surface area contributed by atoms with Gasteiger partial charge in [0, 0.05) is 35.8 Å². The van der Waals surface area contributed by atoms with Crippen LogP contribution in [0.4, 0.5) is 5.82 Å². The van der Waals surface area contributed by atoms with Gasteiger partial charge in [0.1, 0.15) is 11.6 Å². The normalized spacial score (nSPS) is 30.2. The van der Waals surface area contributed by atoms with Crippen molar-refractivity contribution in [2.45, 2.75) is 70.5 Å². The molecule has 0 saturated carbocycles. The topological polar surface area (TPSA) is 55.0 Å². The second-order valence-corrected chi connectivity index (χ2v) is 6.40. The molecule has 4 nitrogen and oxygen atoms in total. The Morgan fingerprint density at radius 3 is 2.42 bits per heavy atom. The van der Waals surface area contributed by atoms with E-state index >= 15 is 0 Å². The fourth-order valence-electron chi connectivity index (χ4n) is 3.56. The van der Waals surface area contributed by atoms with Crippen LogP contribution in [0.15, 0.2) is 6.07 Å². The molecule has 0 aromatic carbocycles. The zero-order valence-electron chi connectivity index (χ0n) is 12.1. The third kappa shape index (κ3) is 2.34. The first kappa shape index (κ1) is 12.9. The van der Waals surface area contributed by atoms with E-state index in [1.165, 1.54) is 12.8 Å². The Kier molecular flexibility index (Phi) is 3.21. The molecule has 2 saturated heterocycles. The van der Waals surface area contributed by atoms with E-state index in [-0.39, 0.29) is 0 Å². The molecule has 2 fully saturated rings. The molecule has 2 N–H and O–H groups in total. The van der Waals surface area contributed by atoms with Gasteiger partial charge in [0.25, 0.3) is 0 Å². The monoisotopic (exact) mass is 260 g/mol. The molecule has 19 heavy (non-hydrogen) atoms. The predicted molar refractivity (Wildman–Crippen MR) is 77.4 cm³/mol. The van der Waals surface area contributed by atoms with E-state index in [1.807, 2.05) is 0 Å². The lowest BCUT2D eigenvalue weighted by Crippen LogP contribution is -2.48. The summed E-state index contributed by atoms with van der Waals surface area (Å²) >= 11 is 0. The highest BCUT2D eigenvalue weighted by Crippen LogP contribution is 2.38. The van der Waals surface area contributed by atoms with Crippen molar-refractivity contribution in [1.29, 1.82) is 0 Å². The maximum atomic E-state index is 6.14. The van der Waals surface area contributed by atoms with Crippen LogP contribution in [-0.4, -0.2) is 28.1 Å². The summed E-state index contributed by atoms with van der Waals surface area (Å²) in [6.45, 7) is 6.37. The van der Waals surface area contributed by atoms with Gasteiger partial charge in [-0.2, -0.15) is 0 Å². The van der Waals surface area contributed by atoms with E-state index in [9.17, 15) is 0 Å². The summed E-state index contributed by atoms with van der Waals surface area (Å²) in [7, 11) is 0. The van der Waals surface area contributed by atoms with Crippen molar-refractivity contribution in [3.8, 4) is 0 Å². The smallest absolute Gasteiger partial charge is 0.133 e. The van der Waals surface area contributed by atoms with Crippen molar-refractivity contribution < 1.29 is 0 Å². The number of hydrogen-bond donors (Lipinski definition) is 1. The highest BCUT2D eigenvalue weighted by Gasteiger charge is 2.40. The average molecular weight is 260 g/mol. The molecule has 2 bridgehead atoms. The largest absolute Gasteiger partial charge is 0.350 e. The third-order valence-corrected chi connectivity index (χ3v) is 4.41. The molecule has 1 aromatic heterocycles. The molecule has 4 heteroatoms. The summed E-state index contributed by atoms with van der Waals surface area (Å²) in [5, 5.41) is 0. The number of fused-ring (bicyclic) bond motifs is 2. The van der Waals surface area contributed by atoms with Gasteiger partial charge in [-0.3, -0.25) is 0 Å². The molecular formula is C15H24N4. The Morgan fingerprint density at radius 2 is 1.84 bits per heavy atom. The molecule has 0 aliphatic carbocycles. The summed E-state index contributed by atoms with van der Waals surface area (Å²) in [6.07, 6.45) is 4.74. The summed E-state index contributed by atoms with van der Waals surface area (Å²) in [6, 6.07) is 3.68. The first-order chi connectivity index (χ1) is 9.04. The number of nitrogens with zero attached hydrogens (tertiary/aromatic N) is 3. The van der Waals surface area contributed by atoms with Crippen LogP contribution in [0.5, 0.6) is 0 Å². The van der Waals surface area contributed by atoms with Gasteiger partial charge >= 0.3 is 0 Å². The van der Waals surface area contributed by atoms with Crippen LogP contribution < -0.4 is 10.6 Å². The van der Waals surface area contributed by atoms with Crippen molar-refractivity contribution in [3.63, 3.8) is 0 Å². The number of aromatic nitrogens is 2. The standard InChI is InChI=1S/C15H24N4/c1-9(2)15-17-10(3)6-14(18-15)19-12-4-5-13(19)8-11(16)7-12/h6,9,11-13H,4-5,7-8,16H2,1-3H3. The number of rotatable bonds is 2. The molecular weight excluding hydrogens is 236 g/mol. The lowest BCUT2D eigenvalue weighted by molar-refractivity contribution is 0.411. The second kappa shape index (κ2) is 4.75. The zero-order valence-corrected chi connectivity index (χ0v) is 12.1. The van der Waals surface area contributed by atoms with Crippen LogP contribution >= 0.6 is 0 Å². The molecule has 0 spiro atoms. The minimum Gasteiger partial charge on any atom is -0.350 e. The van der Waals surface area contributed by atoms with E-state index in [2.05, 4.69) is 36.7 Å². The molecule has 2 aliphatic heterocycles. The van der Waals surface area contributed by atoms with Crippen LogP contribution in [0.2, 0.25) is 0 Å². The van der Waals surface area contributed by atoms with Crippen molar-refractivity contribution in [3.05, 3.63) is 17.6 Å². The third-order valence-electron chi connectivity index (χ3n) is 4.41. The fraction of sp³-hybridized carbons (Fsp3) is 0.733. The van der Waals surface area contributed by atoms with Crippen LogP contribution in [0, 0.1) is 6.92 Å². The van der Waals surface area contributed by atoms with Crippen molar-refractivity contribution >= 4 is 5.82 Å². The van der Waals surface area contributed by atoms with Gasteiger partial charge in [0.2, 0.25) is 0 Å². The number of hydrogen-bond acceptors (Lipinski definition) is 4. The Morgan fingerprint density at radius 1 is 1.21 bits per heavy atom. The fourth-order valence-corrected chi connectivity index (χ4v) is 3.56. The zero-order chi connectivity index (χ0) is 13.6. The van der Waals surface area contributed by atoms with E-state index in [4.69, 9.17) is 10.7 Å².